The SMILES string of the molecule is CCOc1ccc(/C=C/C(=O)NCCC(O)C(=O)O)cc1. The summed E-state index contributed by atoms with van der Waals surface area (Å²) in [6.07, 6.45) is 1.50. The van der Waals surface area contributed by atoms with Gasteiger partial charge in [0.1, 0.15) is 5.75 Å². The molecule has 1 aromatic rings. The van der Waals surface area contributed by atoms with E-state index in [1.54, 1.807) is 6.08 Å². The standard InChI is InChI=1S/C15H19NO5/c1-2-21-12-6-3-11(4-7-12)5-8-14(18)16-10-9-13(17)15(19)20/h3-8,13,17H,2,9-10H2,1H3,(H,16,18)(H,19,20)/b8-5+. The molecule has 0 aliphatic carbocycles. The van der Waals surface area contributed by atoms with Crippen LogP contribution in [0.5, 0.6) is 5.75 Å². The number of carboxylic acid groups (broad SMARTS) is 1. The Morgan fingerprint density at radius 1 is 1.33 bits per heavy atom. The van der Waals surface area contributed by atoms with E-state index in [2.05, 4.69) is 5.32 Å². The Labute approximate surface area is 123 Å². The van der Waals surface area contributed by atoms with Crippen LogP contribution in [0.15, 0.2) is 30.3 Å². The monoisotopic (exact) mass is 293 g/mol. The van der Waals surface area contributed by atoms with Crippen molar-refractivity contribution in [1.29, 1.82) is 0 Å². The molecule has 1 amide bonds. The first kappa shape index (κ1) is 16.7. The maximum absolute atomic E-state index is 11.5. The van der Waals surface area contributed by atoms with Gasteiger partial charge in [-0.25, -0.2) is 4.79 Å². The van der Waals surface area contributed by atoms with Crippen molar-refractivity contribution in [3.8, 4) is 5.75 Å². The highest BCUT2D eigenvalue weighted by Gasteiger charge is 2.12. The maximum atomic E-state index is 11.5. The molecule has 1 rings (SSSR count). The lowest BCUT2D eigenvalue weighted by molar-refractivity contribution is -0.147. The van der Waals surface area contributed by atoms with Gasteiger partial charge in [-0.1, -0.05) is 12.1 Å². The van der Waals surface area contributed by atoms with Crippen molar-refractivity contribution in [3.63, 3.8) is 0 Å². The predicted molar refractivity (Wildman–Crippen MR) is 77.9 cm³/mol. The molecule has 0 heterocycles. The zero-order valence-corrected chi connectivity index (χ0v) is 11.8. The minimum atomic E-state index is -1.46. The van der Waals surface area contributed by atoms with Crippen LogP contribution in [0.1, 0.15) is 18.9 Å². The first-order chi connectivity index (χ1) is 10.0. The number of hydrogen-bond acceptors (Lipinski definition) is 4. The van der Waals surface area contributed by atoms with E-state index in [1.165, 1.54) is 6.08 Å². The molecule has 0 saturated carbocycles. The fourth-order valence-corrected chi connectivity index (χ4v) is 1.53. The summed E-state index contributed by atoms with van der Waals surface area (Å²) in [7, 11) is 0. The van der Waals surface area contributed by atoms with E-state index in [0.29, 0.717) is 6.61 Å². The molecule has 0 aromatic heterocycles. The molecule has 1 atom stereocenters. The van der Waals surface area contributed by atoms with E-state index >= 15 is 0 Å². The molecule has 0 aliphatic rings. The fourth-order valence-electron chi connectivity index (χ4n) is 1.53. The number of benzene rings is 1. The molecular formula is C15H19NO5. The Morgan fingerprint density at radius 3 is 2.57 bits per heavy atom. The van der Waals surface area contributed by atoms with Gasteiger partial charge in [-0.3, -0.25) is 4.79 Å². The van der Waals surface area contributed by atoms with E-state index in [1.807, 2.05) is 31.2 Å². The van der Waals surface area contributed by atoms with Crippen molar-refractivity contribution in [2.75, 3.05) is 13.2 Å². The van der Waals surface area contributed by atoms with Gasteiger partial charge in [-0.05, 0) is 30.7 Å². The lowest BCUT2D eigenvalue weighted by atomic mass is 10.2. The Hall–Kier alpha value is -2.34. The topological polar surface area (TPSA) is 95.9 Å². The smallest absolute Gasteiger partial charge is 0.332 e. The van der Waals surface area contributed by atoms with Gasteiger partial charge < -0.3 is 20.3 Å². The van der Waals surface area contributed by atoms with Crippen molar-refractivity contribution >= 4 is 18.0 Å². The largest absolute Gasteiger partial charge is 0.494 e. The number of rotatable bonds is 8. The Balaban J connectivity index is 2.38. The van der Waals surface area contributed by atoms with Gasteiger partial charge in [0.2, 0.25) is 5.91 Å². The van der Waals surface area contributed by atoms with Crippen molar-refractivity contribution in [1.82, 2.24) is 5.32 Å². The Morgan fingerprint density at radius 2 is 2.00 bits per heavy atom. The predicted octanol–water partition coefficient (Wildman–Crippen LogP) is 1.05. The summed E-state index contributed by atoms with van der Waals surface area (Å²) in [6, 6.07) is 7.26. The third-order valence-electron chi connectivity index (χ3n) is 2.62. The zero-order chi connectivity index (χ0) is 15.7. The van der Waals surface area contributed by atoms with Crippen molar-refractivity contribution in [3.05, 3.63) is 35.9 Å². The minimum Gasteiger partial charge on any atom is -0.494 e. The molecule has 0 aliphatic heterocycles. The van der Waals surface area contributed by atoms with Crippen molar-refractivity contribution in [2.45, 2.75) is 19.4 Å². The van der Waals surface area contributed by atoms with Crippen LogP contribution in [-0.2, 0) is 9.59 Å². The van der Waals surface area contributed by atoms with Crippen LogP contribution < -0.4 is 10.1 Å². The van der Waals surface area contributed by atoms with E-state index < -0.39 is 12.1 Å². The highest BCUT2D eigenvalue weighted by Crippen LogP contribution is 2.12. The highest BCUT2D eigenvalue weighted by atomic mass is 16.5. The molecule has 0 spiro atoms. The molecular weight excluding hydrogens is 274 g/mol. The first-order valence-electron chi connectivity index (χ1n) is 6.62. The van der Waals surface area contributed by atoms with Gasteiger partial charge in [0.05, 0.1) is 6.61 Å². The van der Waals surface area contributed by atoms with Gasteiger partial charge in [0.25, 0.3) is 0 Å². The van der Waals surface area contributed by atoms with E-state index in [0.717, 1.165) is 11.3 Å². The minimum absolute atomic E-state index is 0.0298. The molecule has 1 aromatic carbocycles. The van der Waals surface area contributed by atoms with Crippen LogP contribution in [0, 0.1) is 0 Å². The number of hydrogen-bond donors (Lipinski definition) is 3. The summed E-state index contributed by atoms with van der Waals surface area (Å²) < 4.78 is 5.31. The summed E-state index contributed by atoms with van der Waals surface area (Å²) in [5.41, 5.74) is 0.846. The summed E-state index contributed by atoms with van der Waals surface area (Å²) in [4.78, 5) is 21.9. The summed E-state index contributed by atoms with van der Waals surface area (Å²) in [5.74, 6) is -0.877. The molecule has 0 bridgehead atoms. The van der Waals surface area contributed by atoms with Crippen LogP contribution in [0.25, 0.3) is 6.08 Å². The molecule has 0 saturated heterocycles. The second-order valence-electron chi connectivity index (χ2n) is 4.27. The number of aliphatic carboxylic acids is 1. The molecule has 3 N–H and O–H groups in total. The van der Waals surface area contributed by atoms with Crippen molar-refractivity contribution in [2.24, 2.45) is 0 Å². The number of carboxylic acids is 1. The zero-order valence-electron chi connectivity index (χ0n) is 11.8. The number of ether oxygens (including phenoxy) is 1. The van der Waals surface area contributed by atoms with Gasteiger partial charge in [-0.15, -0.1) is 0 Å². The average Bonchev–Trinajstić information content (AvgIpc) is 2.46. The number of amides is 1. The van der Waals surface area contributed by atoms with Crippen LogP contribution in [-0.4, -0.2) is 41.3 Å². The molecule has 0 fully saturated rings. The third kappa shape index (κ3) is 6.58. The van der Waals surface area contributed by atoms with Gasteiger partial charge in [-0.2, -0.15) is 0 Å². The Kier molecular flexibility index (Phi) is 6.97. The maximum Gasteiger partial charge on any atom is 0.332 e. The normalized spacial score (nSPS) is 12.1. The lowest BCUT2D eigenvalue weighted by Crippen LogP contribution is -2.28. The van der Waals surface area contributed by atoms with E-state index in [9.17, 15) is 9.59 Å². The summed E-state index contributed by atoms with van der Waals surface area (Å²) >= 11 is 0. The summed E-state index contributed by atoms with van der Waals surface area (Å²) in [6.45, 7) is 2.60. The van der Waals surface area contributed by atoms with Gasteiger partial charge >= 0.3 is 5.97 Å². The molecule has 114 valence electrons. The highest BCUT2D eigenvalue weighted by molar-refractivity contribution is 5.91. The number of nitrogens with one attached hydrogen (secondary N) is 1. The molecule has 6 nitrogen and oxygen atoms in total. The van der Waals surface area contributed by atoms with Crippen molar-refractivity contribution < 1.29 is 24.5 Å². The number of carbonyl (C=O) groups is 2. The fraction of sp³-hybridized carbons (Fsp3) is 0.333. The number of carbonyl (C=O) groups excluding carboxylic acids is 1. The van der Waals surface area contributed by atoms with Crippen LogP contribution in [0.2, 0.25) is 0 Å². The molecule has 21 heavy (non-hydrogen) atoms. The summed E-state index contributed by atoms with van der Waals surface area (Å²) in [5, 5.41) is 20.0. The quantitative estimate of drug-likeness (QED) is 0.623. The molecule has 0 radical (unpaired) electrons. The molecule has 1 unspecified atom stereocenters. The number of aliphatic hydroxyl groups excluding tert-OH is 1. The molecule has 6 heteroatoms. The second-order valence-corrected chi connectivity index (χ2v) is 4.27. The van der Waals surface area contributed by atoms with E-state index in [4.69, 9.17) is 14.9 Å². The van der Waals surface area contributed by atoms with Crippen LogP contribution in [0.4, 0.5) is 0 Å². The lowest BCUT2D eigenvalue weighted by Gasteiger charge is -2.05. The average molecular weight is 293 g/mol. The Bertz CT molecular complexity index is 495. The van der Waals surface area contributed by atoms with Crippen LogP contribution >= 0.6 is 0 Å². The van der Waals surface area contributed by atoms with Gasteiger partial charge in [0.15, 0.2) is 6.10 Å². The first-order valence-corrected chi connectivity index (χ1v) is 6.62. The second kappa shape index (κ2) is 8.76. The van der Waals surface area contributed by atoms with Gasteiger partial charge in [0, 0.05) is 19.0 Å². The van der Waals surface area contributed by atoms with Crippen LogP contribution in [0.3, 0.4) is 0 Å². The number of aliphatic hydroxyl groups is 1. The third-order valence-corrected chi connectivity index (χ3v) is 2.62. The van der Waals surface area contributed by atoms with E-state index in [-0.39, 0.29) is 18.9 Å².